The van der Waals surface area contributed by atoms with Crippen LogP contribution in [0.4, 0.5) is 0 Å². The average Bonchev–Trinajstić information content (AvgIpc) is 2.96. The molecule has 1 N–H and O–H groups in total. The summed E-state index contributed by atoms with van der Waals surface area (Å²) in [7, 11) is 0. The first-order chi connectivity index (χ1) is 11.2. The standard InChI is InChI=1S/C18H18ClN3O/c19-16-7-6-15-13-21-22(17(15)12-16)11-9-18(23)20-10-8-14-4-2-1-3-5-14/h1-7,12-13H,8-11H2,(H,20,23). The molecule has 0 saturated heterocycles. The number of hydrogen-bond donors (Lipinski definition) is 1. The van der Waals surface area contributed by atoms with Gasteiger partial charge in [-0.2, -0.15) is 5.10 Å². The van der Waals surface area contributed by atoms with Crippen molar-refractivity contribution in [3.63, 3.8) is 0 Å². The molecule has 23 heavy (non-hydrogen) atoms. The van der Waals surface area contributed by atoms with Crippen molar-refractivity contribution in [2.75, 3.05) is 6.54 Å². The summed E-state index contributed by atoms with van der Waals surface area (Å²) < 4.78 is 1.82. The highest BCUT2D eigenvalue weighted by Crippen LogP contribution is 2.19. The molecule has 0 unspecified atom stereocenters. The van der Waals surface area contributed by atoms with Crippen molar-refractivity contribution in [1.29, 1.82) is 0 Å². The third-order valence-corrected chi connectivity index (χ3v) is 3.97. The van der Waals surface area contributed by atoms with Crippen LogP contribution in [-0.2, 0) is 17.8 Å². The van der Waals surface area contributed by atoms with Crippen LogP contribution in [0.5, 0.6) is 0 Å². The predicted octanol–water partition coefficient (Wildman–Crippen LogP) is 3.44. The van der Waals surface area contributed by atoms with Gasteiger partial charge in [0, 0.05) is 23.4 Å². The van der Waals surface area contributed by atoms with Crippen LogP contribution in [0.25, 0.3) is 10.9 Å². The molecular weight excluding hydrogens is 310 g/mol. The molecule has 0 spiro atoms. The van der Waals surface area contributed by atoms with Gasteiger partial charge in [0.25, 0.3) is 0 Å². The first-order valence-electron chi connectivity index (χ1n) is 7.64. The topological polar surface area (TPSA) is 46.9 Å². The van der Waals surface area contributed by atoms with Crippen molar-refractivity contribution in [2.24, 2.45) is 0 Å². The number of nitrogens with zero attached hydrogens (tertiary/aromatic N) is 2. The Hall–Kier alpha value is -2.33. The van der Waals surface area contributed by atoms with Gasteiger partial charge in [0.15, 0.2) is 0 Å². The summed E-state index contributed by atoms with van der Waals surface area (Å²) in [6, 6.07) is 15.8. The van der Waals surface area contributed by atoms with E-state index in [0.29, 0.717) is 24.5 Å². The van der Waals surface area contributed by atoms with E-state index in [1.54, 1.807) is 6.20 Å². The number of halogens is 1. The van der Waals surface area contributed by atoms with E-state index in [4.69, 9.17) is 11.6 Å². The molecule has 0 bridgehead atoms. The molecule has 118 valence electrons. The van der Waals surface area contributed by atoms with Crippen molar-refractivity contribution in [3.05, 3.63) is 65.3 Å². The lowest BCUT2D eigenvalue weighted by molar-refractivity contribution is -0.121. The molecule has 3 rings (SSSR count). The number of benzene rings is 2. The maximum absolute atomic E-state index is 12.0. The highest BCUT2D eigenvalue weighted by Gasteiger charge is 2.06. The lowest BCUT2D eigenvalue weighted by atomic mass is 10.1. The van der Waals surface area contributed by atoms with Crippen LogP contribution < -0.4 is 5.32 Å². The number of nitrogens with one attached hydrogen (secondary N) is 1. The Labute approximate surface area is 140 Å². The minimum atomic E-state index is 0.0339. The first kappa shape index (κ1) is 15.6. The Bertz CT molecular complexity index is 798. The summed E-state index contributed by atoms with van der Waals surface area (Å²) >= 11 is 6.02. The molecule has 0 saturated carbocycles. The number of rotatable bonds is 6. The van der Waals surface area contributed by atoms with E-state index in [1.807, 2.05) is 41.1 Å². The molecule has 0 aliphatic rings. The summed E-state index contributed by atoms with van der Waals surface area (Å²) in [6.45, 7) is 1.19. The molecule has 3 aromatic rings. The van der Waals surface area contributed by atoms with Crippen LogP contribution in [0.2, 0.25) is 5.02 Å². The lowest BCUT2D eigenvalue weighted by Crippen LogP contribution is -2.26. The molecule has 0 fully saturated rings. The Morgan fingerprint density at radius 2 is 2.00 bits per heavy atom. The Kier molecular flexibility index (Phi) is 4.93. The molecule has 0 atom stereocenters. The Morgan fingerprint density at radius 3 is 2.83 bits per heavy atom. The van der Waals surface area contributed by atoms with E-state index in [0.717, 1.165) is 17.3 Å². The van der Waals surface area contributed by atoms with Crippen LogP contribution in [0.1, 0.15) is 12.0 Å². The van der Waals surface area contributed by atoms with Crippen molar-refractivity contribution >= 4 is 28.4 Å². The zero-order chi connectivity index (χ0) is 16.1. The van der Waals surface area contributed by atoms with Gasteiger partial charge in [0.05, 0.1) is 18.3 Å². The highest BCUT2D eigenvalue weighted by atomic mass is 35.5. The lowest BCUT2D eigenvalue weighted by Gasteiger charge is -2.06. The smallest absolute Gasteiger partial charge is 0.221 e. The van der Waals surface area contributed by atoms with Gasteiger partial charge in [0.2, 0.25) is 5.91 Å². The number of carbonyl (C=O) groups excluding carboxylic acids is 1. The number of aryl methyl sites for hydroxylation is 1. The van der Waals surface area contributed by atoms with Gasteiger partial charge in [0.1, 0.15) is 0 Å². The van der Waals surface area contributed by atoms with E-state index in [2.05, 4.69) is 22.5 Å². The van der Waals surface area contributed by atoms with Crippen LogP contribution >= 0.6 is 11.6 Å². The van der Waals surface area contributed by atoms with E-state index in [1.165, 1.54) is 5.56 Å². The van der Waals surface area contributed by atoms with Gasteiger partial charge in [-0.1, -0.05) is 41.9 Å². The average molecular weight is 328 g/mol. The third-order valence-electron chi connectivity index (χ3n) is 3.74. The zero-order valence-corrected chi connectivity index (χ0v) is 13.5. The summed E-state index contributed by atoms with van der Waals surface area (Å²) in [6.07, 6.45) is 3.03. The normalized spacial score (nSPS) is 10.8. The van der Waals surface area contributed by atoms with Crippen molar-refractivity contribution in [2.45, 2.75) is 19.4 Å². The molecule has 0 radical (unpaired) electrons. The molecular formula is C18H18ClN3O. The van der Waals surface area contributed by atoms with E-state index < -0.39 is 0 Å². The second kappa shape index (κ2) is 7.29. The van der Waals surface area contributed by atoms with E-state index in [9.17, 15) is 4.79 Å². The molecule has 0 aliphatic carbocycles. The summed E-state index contributed by atoms with van der Waals surface area (Å²) in [5.41, 5.74) is 2.18. The number of carbonyl (C=O) groups is 1. The molecule has 1 heterocycles. The third kappa shape index (κ3) is 4.11. The van der Waals surface area contributed by atoms with Crippen LogP contribution in [0, 0.1) is 0 Å². The number of hydrogen-bond acceptors (Lipinski definition) is 2. The predicted molar refractivity (Wildman–Crippen MR) is 92.5 cm³/mol. The highest BCUT2D eigenvalue weighted by molar-refractivity contribution is 6.31. The van der Waals surface area contributed by atoms with Crippen LogP contribution in [-0.4, -0.2) is 22.2 Å². The molecule has 0 aliphatic heterocycles. The largest absolute Gasteiger partial charge is 0.356 e. The van der Waals surface area contributed by atoms with E-state index >= 15 is 0 Å². The molecule has 2 aromatic carbocycles. The summed E-state index contributed by atoms with van der Waals surface area (Å²) in [5.74, 6) is 0.0339. The number of aromatic nitrogens is 2. The summed E-state index contributed by atoms with van der Waals surface area (Å²) in [4.78, 5) is 12.0. The van der Waals surface area contributed by atoms with Gasteiger partial charge >= 0.3 is 0 Å². The number of amides is 1. The van der Waals surface area contributed by atoms with Gasteiger partial charge in [-0.3, -0.25) is 9.48 Å². The second-order valence-corrected chi connectivity index (χ2v) is 5.84. The second-order valence-electron chi connectivity index (χ2n) is 5.41. The fourth-order valence-corrected chi connectivity index (χ4v) is 2.67. The Balaban J connectivity index is 1.49. The van der Waals surface area contributed by atoms with Gasteiger partial charge in [-0.25, -0.2) is 0 Å². The van der Waals surface area contributed by atoms with Crippen molar-refractivity contribution in [1.82, 2.24) is 15.1 Å². The van der Waals surface area contributed by atoms with Gasteiger partial charge in [-0.05, 0) is 30.2 Å². The number of fused-ring (bicyclic) bond motifs is 1. The quantitative estimate of drug-likeness (QED) is 0.754. The molecule has 1 amide bonds. The molecule has 5 heteroatoms. The monoisotopic (exact) mass is 327 g/mol. The fourth-order valence-electron chi connectivity index (χ4n) is 2.51. The summed E-state index contributed by atoms with van der Waals surface area (Å²) in [5, 5.41) is 8.96. The SMILES string of the molecule is O=C(CCn1ncc2ccc(Cl)cc21)NCCc1ccccc1. The Morgan fingerprint density at radius 1 is 1.17 bits per heavy atom. The van der Waals surface area contributed by atoms with Gasteiger partial charge < -0.3 is 5.32 Å². The van der Waals surface area contributed by atoms with Crippen molar-refractivity contribution < 1.29 is 4.79 Å². The fraction of sp³-hybridized carbons (Fsp3) is 0.222. The zero-order valence-electron chi connectivity index (χ0n) is 12.7. The molecule has 4 nitrogen and oxygen atoms in total. The maximum atomic E-state index is 12.0. The minimum Gasteiger partial charge on any atom is -0.356 e. The van der Waals surface area contributed by atoms with Crippen molar-refractivity contribution in [3.8, 4) is 0 Å². The van der Waals surface area contributed by atoms with Crippen LogP contribution in [0.15, 0.2) is 54.7 Å². The minimum absolute atomic E-state index is 0.0339. The molecule has 1 aromatic heterocycles. The maximum Gasteiger partial charge on any atom is 0.221 e. The first-order valence-corrected chi connectivity index (χ1v) is 8.02. The van der Waals surface area contributed by atoms with Crippen LogP contribution in [0.3, 0.4) is 0 Å². The van der Waals surface area contributed by atoms with Gasteiger partial charge in [-0.15, -0.1) is 0 Å². The van der Waals surface area contributed by atoms with E-state index in [-0.39, 0.29) is 5.91 Å².